The van der Waals surface area contributed by atoms with E-state index in [1.807, 2.05) is 0 Å². The third-order valence-corrected chi connectivity index (χ3v) is 2.82. The van der Waals surface area contributed by atoms with E-state index < -0.39 is 0 Å². The van der Waals surface area contributed by atoms with E-state index >= 15 is 0 Å². The van der Waals surface area contributed by atoms with Gasteiger partial charge in [-0.3, -0.25) is 0 Å². The molecule has 11 heavy (non-hydrogen) atoms. The molecule has 1 saturated carbocycles. The predicted octanol–water partition coefficient (Wildman–Crippen LogP) is 2.42. The van der Waals surface area contributed by atoms with E-state index in [9.17, 15) is 0 Å². The van der Waals surface area contributed by atoms with Gasteiger partial charge in [0.2, 0.25) is 0 Å². The molecule has 0 aromatic heterocycles. The molecule has 1 heteroatoms. The maximum Gasteiger partial charge on any atom is -0.00206 e. The van der Waals surface area contributed by atoms with Gasteiger partial charge in [0.1, 0.15) is 0 Å². The number of nitrogens with one attached hydrogen (secondary N) is 1. The van der Waals surface area contributed by atoms with Crippen LogP contribution >= 0.6 is 0 Å². The van der Waals surface area contributed by atoms with Crippen LogP contribution in [-0.4, -0.2) is 13.1 Å². The maximum atomic E-state index is 3.43. The van der Waals surface area contributed by atoms with Crippen molar-refractivity contribution in [2.45, 2.75) is 39.5 Å². The topological polar surface area (TPSA) is 12.0 Å². The predicted molar refractivity (Wildman–Crippen MR) is 49.7 cm³/mol. The highest BCUT2D eigenvalue weighted by molar-refractivity contribution is 4.71. The Labute approximate surface area is 70.6 Å². The molecule has 1 rings (SSSR count). The van der Waals surface area contributed by atoms with Gasteiger partial charge >= 0.3 is 0 Å². The molecule has 1 N–H and O–H groups in total. The Bertz CT molecular complexity index is 90.3. The Morgan fingerprint density at radius 2 is 1.82 bits per heavy atom. The van der Waals surface area contributed by atoms with Crippen molar-refractivity contribution in [2.24, 2.45) is 11.8 Å². The van der Waals surface area contributed by atoms with Crippen LogP contribution in [0.3, 0.4) is 0 Å². The lowest BCUT2D eigenvalue weighted by molar-refractivity contribution is 0.283. The summed E-state index contributed by atoms with van der Waals surface area (Å²) in [6.07, 6.45) is 5.81. The van der Waals surface area contributed by atoms with Gasteiger partial charge in [0.05, 0.1) is 0 Å². The highest BCUT2D eigenvalue weighted by atomic mass is 14.8. The molecule has 0 spiro atoms. The van der Waals surface area contributed by atoms with Crippen molar-refractivity contribution in [1.29, 1.82) is 0 Å². The summed E-state index contributed by atoms with van der Waals surface area (Å²) in [5, 5.41) is 3.43. The lowest BCUT2D eigenvalue weighted by Crippen LogP contribution is -2.25. The fourth-order valence-electron chi connectivity index (χ4n) is 1.88. The Balaban J connectivity index is 2.07. The van der Waals surface area contributed by atoms with Crippen molar-refractivity contribution in [1.82, 2.24) is 5.32 Å². The molecule has 1 nitrogen and oxygen atoms in total. The minimum atomic E-state index is 0.978. The molecule has 0 aromatic rings. The van der Waals surface area contributed by atoms with Gasteiger partial charge in [-0.05, 0) is 37.8 Å². The van der Waals surface area contributed by atoms with Crippen molar-refractivity contribution in [3.05, 3.63) is 0 Å². The monoisotopic (exact) mass is 155 g/mol. The summed E-state index contributed by atoms with van der Waals surface area (Å²) in [5.41, 5.74) is 0. The lowest BCUT2D eigenvalue weighted by atomic mass is 9.83. The second-order valence-corrected chi connectivity index (χ2v) is 3.93. The quantitative estimate of drug-likeness (QED) is 0.660. The van der Waals surface area contributed by atoms with E-state index in [0.29, 0.717) is 0 Å². The summed E-state index contributed by atoms with van der Waals surface area (Å²) >= 11 is 0. The first-order valence-electron chi connectivity index (χ1n) is 5.03. The number of hydrogen-bond acceptors (Lipinski definition) is 1. The van der Waals surface area contributed by atoms with Gasteiger partial charge in [-0.25, -0.2) is 0 Å². The molecule has 0 heterocycles. The van der Waals surface area contributed by atoms with Crippen LogP contribution in [0, 0.1) is 11.8 Å². The van der Waals surface area contributed by atoms with Crippen LogP contribution in [0.2, 0.25) is 0 Å². The summed E-state index contributed by atoms with van der Waals surface area (Å²) in [5.74, 6) is 1.97. The summed E-state index contributed by atoms with van der Waals surface area (Å²) < 4.78 is 0. The third kappa shape index (κ3) is 3.24. The van der Waals surface area contributed by atoms with E-state index in [4.69, 9.17) is 0 Å². The lowest BCUT2D eigenvalue weighted by Gasteiger charge is -2.26. The fourth-order valence-corrected chi connectivity index (χ4v) is 1.88. The molecule has 0 atom stereocenters. The van der Waals surface area contributed by atoms with Gasteiger partial charge in [0.15, 0.2) is 0 Å². The van der Waals surface area contributed by atoms with Crippen LogP contribution in [0.1, 0.15) is 39.5 Å². The molecule has 0 aromatic carbocycles. The molecular weight excluding hydrogens is 134 g/mol. The summed E-state index contributed by atoms with van der Waals surface area (Å²) in [6.45, 7) is 6.95. The van der Waals surface area contributed by atoms with E-state index in [1.165, 1.54) is 32.2 Å². The SMILES string of the molecule is CCNCC1CCC(C)CC1. The highest BCUT2D eigenvalue weighted by Crippen LogP contribution is 2.27. The van der Waals surface area contributed by atoms with Crippen LogP contribution in [-0.2, 0) is 0 Å². The first kappa shape index (κ1) is 9.05. The van der Waals surface area contributed by atoms with E-state index in [-0.39, 0.29) is 0 Å². The molecule has 0 saturated heterocycles. The normalized spacial score (nSPS) is 32.2. The van der Waals surface area contributed by atoms with Gasteiger partial charge in [-0.15, -0.1) is 0 Å². The van der Waals surface area contributed by atoms with Gasteiger partial charge in [-0.1, -0.05) is 26.7 Å². The van der Waals surface area contributed by atoms with Crippen molar-refractivity contribution in [3.8, 4) is 0 Å². The second kappa shape index (κ2) is 4.76. The van der Waals surface area contributed by atoms with Crippen molar-refractivity contribution in [3.63, 3.8) is 0 Å². The average molecular weight is 155 g/mol. The van der Waals surface area contributed by atoms with Crippen molar-refractivity contribution >= 4 is 0 Å². The summed E-state index contributed by atoms with van der Waals surface area (Å²) in [4.78, 5) is 0. The summed E-state index contributed by atoms with van der Waals surface area (Å²) in [6, 6.07) is 0. The van der Waals surface area contributed by atoms with Crippen LogP contribution < -0.4 is 5.32 Å². The molecule has 66 valence electrons. The number of hydrogen-bond donors (Lipinski definition) is 1. The first-order chi connectivity index (χ1) is 5.33. The molecule has 1 fully saturated rings. The summed E-state index contributed by atoms with van der Waals surface area (Å²) in [7, 11) is 0. The zero-order valence-electron chi connectivity index (χ0n) is 7.90. The fraction of sp³-hybridized carbons (Fsp3) is 1.00. The molecule has 0 aliphatic heterocycles. The molecule has 0 amide bonds. The largest absolute Gasteiger partial charge is 0.317 e. The Kier molecular flexibility index (Phi) is 3.92. The minimum absolute atomic E-state index is 0.978. The smallest absolute Gasteiger partial charge is 0.00206 e. The zero-order chi connectivity index (χ0) is 8.10. The molecular formula is C10H21N. The Hall–Kier alpha value is -0.0400. The average Bonchev–Trinajstić information content (AvgIpc) is 2.04. The van der Waals surface area contributed by atoms with Crippen LogP contribution in [0.15, 0.2) is 0 Å². The van der Waals surface area contributed by atoms with Gasteiger partial charge in [0.25, 0.3) is 0 Å². The van der Waals surface area contributed by atoms with Gasteiger partial charge < -0.3 is 5.32 Å². The second-order valence-electron chi connectivity index (χ2n) is 3.93. The highest BCUT2D eigenvalue weighted by Gasteiger charge is 2.16. The van der Waals surface area contributed by atoms with Crippen LogP contribution in [0.4, 0.5) is 0 Å². The van der Waals surface area contributed by atoms with Gasteiger partial charge in [-0.2, -0.15) is 0 Å². The maximum absolute atomic E-state index is 3.43. The molecule has 1 aliphatic rings. The molecule has 0 unspecified atom stereocenters. The Morgan fingerprint density at radius 3 is 2.36 bits per heavy atom. The minimum Gasteiger partial charge on any atom is -0.317 e. The van der Waals surface area contributed by atoms with Crippen LogP contribution in [0.5, 0.6) is 0 Å². The molecule has 0 radical (unpaired) electrons. The van der Waals surface area contributed by atoms with E-state index in [2.05, 4.69) is 19.2 Å². The standard InChI is InChI=1S/C10H21N/c1-3-11-8-10-6-4-9(2)5-7-10/h9-11H,3-8H2,1-2H3. The van der Waals surface area contributed by atoms with Crippen LogP contribution in [0.25, 0.3) is 0 Å². The van der Waals surface area contributed by atoms with Gasteiger partial charge in [0, 0.05) is 0 Å². The van der Waals surface area contributed by atoms with Crippen molar-refractivity contribution in [2.75, 3.05) is 13.1 Å². The third-order valence-electron chi connectivity index (χ3n) is 2.82. The molecule has 0 bridgehead atoms. The first-order valence-corrected chi connectivity index (χ1v) is 5.03. The number of rotatable bonds is 3. The molecule has 1 aliphatic carbocycles. The Morgan fingerprint density at radius 1 is 1.18 bits per heavy atom. The zero-order valence-corrected chi connectivity index (χ0v) is 7.90. The van der Waals surface area contributed by atoms with Crippen molar-refractivity contribution < 1.29 is 0 Å². The van der Waals surface area contributed by atoms with E-state index in [1.54, 1.807) is 0 Å². The van der Waals surface area contributed by atoms with E-state index in [0.717, 1.165) is 18.4 Å².